The zero-order chi connectivity index (χ0) is 28.1. The second kappa shape index (κ2) is 12.4. The van der Waals surface area contributed by atoms with Crippen molar-refractivity contribution in [3.05, 3.63) is 18.0 Å². The molecule has 2 saturated heterocycles. The Morgan fingerprint density at radius 2 is 1.79 bits per heavy atom. The monoisotopic (exact) mass is 556 g/mol. The molecule has 3 heterocycles. The van der Waals surface area contributed by atoms with Gasteiger partial charge in [-0.3, -0.25) is 15.0 Å². The van der Waals surface area contributed by atoms with Crippen molar-refractivity contribution in [3.63, 3.8) is 0 Å². The zero-order valence-corrected chi connectivity index (χ0v) is 20.5. The van der Waals surface area contributed by atoms with E-state index >= 15 is 0 Å². The Balaban J connectivity index is 1.36. The molecule has 0 radical (unpaired) electrons. The molecular weight excluding hydrogens is 526 g/mol. The highest BCUT2D eigenvalue weighted by molar-refractivity contribution is 5.80. The lowest BCUT2D eigenvalue weighted by Gasteiger charge is -2.35. The highest BCUT2D eigenvalue weighted by atomic mass is 19.4. The van der Waals surface area contributed by atoms with E-state index in [-0.39, 0.29) is 38.0 Å². The van der Waals surface area contributed by atoms with E-state index in [0.29, 0.717) is 38.6 Å². The molecule has 0 aromatic carbocycles. The number of piperazine rings is 1. The molecule has 5 N–H and O–H groups in total. The summed E-state index contributed by atoms with van der Waals surface area (Å²) in [4.78, 5) is 35.0. The third-order valence-electron chi connectivity index (χ3n) is 6.09. The van der Waals surface area contributed by atoms with Crippen LogP contribution in [-0.2, 0) is 20.5 Å². The number of nitrogens with two attached hydrogens (primary N) is 1. The van der Waals surface area contributed by atoms with Crippen LogP contribution in [-0.4, -0.2) is 96.9 Å². The number of halogens is 6. The highest BCUT2D eigenvalue weighted by Crippen LogP contribution is 2.30. The molecule has 3 rings (SSSR count). The second-order valence-electron chi connectivity index (χ2n) is 9.20. The van der Waals surface area contributed by atoms with Crippen molar-refractivity contribution in [1.82, 2.24) is 31.0 Å². The summed E-state index contributed by atoms with van der Waals surface area (Å²) >= 11 is 0. The van der Waals surface area contributed by atoms with Crippen molar-refractivity contribution >= 4 is 17.8 Å². The standard InChI is InChI=1S/C21H30F6N8O3/c1-12(32-15-9-31-33-18(37)17(15)21(25,26)27)10-38-11-14(28)6-16(36)34-2-4-35(5-3-34)19-29-7-13(8-30-19)20(22,23)24/h7-8,12,14-15,17,31-32H,2-6,9-11,28H2,1H3,(H,33,37)/t12-,14+,15?,17?/m0/s1. The molecular formula is C21H30F6N8O3. The predicted molar refractivity (Wildman–Crippen MR) is 121 cm³/mol. The average Bonchev–Trinajstić information content (AvgIpc) is 2.83. The Bertz CT molecular complexity index is 940. The highest BCUT2D eigenvalue weighted by Gasteiger charge is 2.51. The van der Waals surface area contributed by atoms with Crippen LogP contribution in [0.4, 0.5) is 32.3 Å². The number of ether oxygens (including phenoxy) is 1. The maximum absolute atomic E-state index is 13.2. The molecule has 38 heavy (non-hydrogen) atoms. The van der Waals surface area contributed by atoms with Crippen molar-refractivity contribution in [1.29, 1.82) is 0 Å². The number of aromatic nitrogens is 2. The second-order valence-corrected chi connectivity index (χ2v) is 9.20. The van der Waals surface area contributed by atoms with Gasteiger partial charge in [-0.2, -0.15) is 26.3 Å². The third kappa shape index (κ3) is 8.12. The lowest BCUT2D eigenvalue weighted by atomic mass is 9.96. The number of anilines is 1. The first-order valence-electron chi connectivity index (χ1n) is 11.9. The van der Waals surface area contributed by atoms with E-state index < -0.39 is 47.9 Å². The maximum Gasteiger partial charge on any atom is 0.419 e. The van der Waals surface area contributed by atoms with Gasteiger partial charge in [-0.1, -0.05) is 0 Å². The molecule has 2 aliphatic heterocycles. The number of carbonyl (C=O) groups is 2. The van der Waals surface area contributed by atoms with Gasteiger partial charge >= 0.3 is 12.4 Å². The summed E-state index contributed by atoms with van der Waals surface area (Å²) < 4.78 is 83.2. The summed E-state index contributed by atoms with van der Waals surface area (Å²) in [5.74, 6) is -3.45. The van der Waals surface area contributed by atoms with Crippen LogP contribution < -0.4 is 26.8 Å². The van der Waals surface area contributed by atoms with Crippen LogP contribution >= 0.6 is 0 Å². The fourth-order valence-corrected chi connectivity index (χ4v) is 4.17. The number of rotatable bonds is 9. The molecule has 2 unspecified atom stereocenters. The van der Waals surface area contributed by atoms with E-state index in [2.05, 4.69) is 20.7 Å². The predicted octanol–water partition coefficient (Wildman–Crippen LogP) is 0.0376. The SMILES string of the molecule is C[C@@H](COC[C@H](N)CC(=O)N1CCN(c2ncc(C(F)(F)F)cn2)CC1)NC1CNNC(=O)C1C(F)(F)F. The van der Waals surface area contributed by atoms with Crippen LogP contribution in [0.2, 0.25) is 0 Å². The Hall–Kier alpha value is -2.76. The van der Waals surface area contributed by atoms with E-state index in [4.69, 9.17) is 10.5 Å². The van der Waals surface area contributed by atoms with E-state index in [1.54, 1.807) is 16.7 Å². The van der Waals surface area contributed by atoms with Crippen LogP contribution in [0.25, 0.3) is 0 Å². The summed E-state index contributed by atoms with van der Waals surface area (Å²) in [5.41, 5.74) is 9.45. The first-order valence-corrected chi connectivity index (χ1v) is 11.9. The van der Waals surface area contributed by atoms with Crippen LogP contribution in [0.1, 0.15) is 18.9 Å². The molecule has 2 fully saturated rings. The number of alkyl halides is 6. The fourth-order valence-electron chi connectivity index (χ4n) is 4.17. The molecule has 17 heteroatoms. The van der Waals surface area contributed by atoms with Gasteiger partial charge in [-0.05, 0) is 6.92 Å². The minimum absolute atomic E-state index is 0.0103. The van der Waals surface area contributed by atoms with Crippen LogP contribution in [0.3, 0.4) is 0 Å². The van der Waals surface area contributed by atoms with Gasteiger partial charge in [0.05, 0.1) is 18.8 Å². The normalized spacial score (nSPS) is 22.7. The molecule has 0 spiro atoms. The number of hydrogen-bond donors (Lipinski definition) is 4. The van der Waals surface area contributed by atoms with Crippen LogP contribution in [0, 0.1) is 5.92 Å². The van der Waals surface area contributed by atoms with E-state index in [1.807, 2.05) is 5.43 Å². The molecule has 1 aromatic rings. The molecule has 0 bridgehead atoms. The Morgan fingerprint density at radius 1 is 1.16 bits per heavy atom. The quantitative estimate of drug-likeness (QED) is 0.311. The fraction of sp³-hybridized carbons (Fsp3) is 0.714. The average molecular weight is 557 g/mol. The summed E-state index contributed by atoms with van der Waals surface area (Å²) in [5, 5.41) is 2.75. The smallest absolute Gasteiger partial charge is 0.378 e. The zero-order valence-electron chi connectivity index (χ0n) is 20.5. The van der Waals surface area contributed by atoms with Gasteiger partial charge in [-0.25, -0.2) is 15.4 Å². The van der Waals surface area contributed by atoms with Crippen molar-refractivity contribution in [2.24, 2.45) is 11.7 Å². The van der Waals surface area contributed by atoms with Gasteiger partial charge in [0, 0.05) is 69.7 Å². The number of nitrogens with zero attached hydrogens (tertiary/aromatic N) is 4. The first-order chi connectivity index (χ1) is 17.8. The molecule has 0 aliphatic carbocycles. The minimum atomic E-state index is -4.70. The lowest BCUT2D eigenvalue weighted by molar-refractivity contribution is -0.193. The molecule has 2 amide bonds. The number of hydrazine groups is 1. The summed E-state index contributed by atoms with van der Waals surface area (Å²) in [6, 6.07) is -2.36. The van der Waals surface area contributed by atoms with E-state index in [1.165, 1.54) is 0 Å². The van der Waals surface area contributed by atoms with Gasteiger partial charge in [0.2, 0.25) is 17.8 Å². The maximum atomic E-state index is 13.2. The number of amides is 2. The Morgan fingerprint density at radius 3 is 2.37 bits per heavy atom. The van der Waals surface area contributed by atoms with Gasteiger partial charge in [0.25, 0.3) is 0 Å². The topological polar surface area (TPSA) is 138 Å². The largest absolute Gasteiger partial charge is 0.419 e. The Labute approximate surface area is 214 Å². The molecule has 2 aliphatic rings. The van der Waals surface area contributed by atoms with Crippen molar-refractivity contribution in [2.45, 2.75) is 43.8 Å². The van der Waals surface area contributed by atoms with Gasteiger partial charge in [0.15, 0.2) is 5.92 Å². The molecule has 11 nitrogen and oxygen atoms in total. The number of carbonyl (C=O) groups excluding carboxylic acids is 2. The number of hydrogen-bond acceptors (Lipinski definition) is 9. The van der Waals surface area contributed by atoms with Gasteiger partial charge in [0.1, 0.15) is 0 Å². The van der Waals surface area contributed by atoms with E-state index in [9.17, 15) is 35.9 Å². The first kappa shape index (κ1) is 29.8. The molecule has 214 valence electrons. The Kier molecular flexibility index (Phi) is 9.72. The summed E-state index contributed by atoms with van der Waals surface area (Å²) in [6.07, 6.45) is -7.83. The van der Waals surface area contributed by atoms with Crippen molar-refractivity contribution in [3.8, 4) is 0 Å². The van der Waals surface area contributed by atoms with E-state index in [0.717, 1.165) is 0 Å². The molecule has 0 saturated carbocycles. The minimum Gasteiger partial charge on any atom is -0.378 e. The summed E-state index contributed by atoms with van der Waals surface area (Å²) in [6.45, 7) is 2.77. The number of nitrogens with one attached hydrogen (secondary N) is 3. The molecule has 4 atom stereocenters. The van der Waals surface area contributed by atoms with Crippen LogP contribution in [0.15, 0.2) is 12.4 Å². The van der Waals surface area contributed by atoms with Crippen molar-refractivity contribution in [2.75, 3.05) is 50.8 Å². The summed E-state index contributed by atoms with van der Waals surface area (Å²) in [7, 11) is 0. The van der Waals surface area contributed by atoms with Crippen LogP contribution in [0.5, 0.6) is 0 Å². The van der Waals surface area contributed by atoms with Crippen molar-refractivity contribution < 1.29 is 40.7 Å². The van der Waals surface area contributed by atoms with Gasteiger partial charge < -0.3 is 25.6 Å². The third-order valence-corrected chi connectivity index (χ3v) is 6.09. The lowest BCUT2D eigenvalue weighted by Crippen LogP contribution is -2.65. The molecule has 1 aromatic heterocycles. The van der Waals surface area contributed by atoms with Gasteiger partial charge in [-0.15, -0.1) is 0 Å².